The van der Waals surface area contributed by atoms with Crippen LogP contribution >= 0.6 is 43.6 Å². The Bertz CT molecular complexity index is 1070. The minimum absolute atomic E-state index is 0.174. The van der Waals surface area contributed by atoms with Crippen molar-refractivity contribution in [1.29, 1.82) is 0 Å². The predicted molar refractivity (Wildman–Crippen MR) is 128 cm³/mol. The van der Waals surface area contributed by atoms with Gasteiger partial charge in [-0.25, -0.2) is 0 Å². The first kappa shape index (κ1) is 24.3. The van der Waals surface area contributed by atoms with Gasteiger partial charge >= 0.3 is 5.97 Å². The molecule has 1 aliphatic rings. The number of halogens is 2. The van der Waals surface area contributed by atoms with Crippen LogP contribution in [0.2, 0.25) is 0 Å². The number of nitrogens with zero attached hydrogens (tertiary/aromatic N) is 1. The SMILES string of the molecule is CCOC(=O)CN1C(=O)S/C(=C/c2cc(OC)c(OCc3ccc(Br)cc3)cc2Br)C1=O. The van der Waals surface area contributed by atoms with E-state index in [1.807, 2.05) is 24.3 Å². The topological polar surface area (TPSA) is 82.1 Å². The minimum Gasteiger partial charge on any atom is -0.493 e. The minimum atomic E-state index is -0.633. The first-order valence-corrected chi connectivity index (χ1v) is 11.9. The van der Waals surface area contributed by atoms with Crippen LogP contribution in [0.4, 0.5) is 4.79 Å². The van der Waals surface area contributed by atoms with Crippen LogP contribution in [0.3, 0.4) is 0 Å². The molecule has 0 unspecified atom stereocenters. The average Bonchev–Trinajstić information content (AvgIpc) is 3.02. The monoisotopic (exact) mass is 583 g/mol. The van der Waals surface area contributed by atoms with Gasteiger partial charge in [0.2, 0.25) is 0 Å². The fourth-order valence-corrected chi connectivity index (χ4v) is 4.32. The van der Waals surface area contributed by atoms with Gasteiger partial charge in [-0.15, -0.1) is 0 Å². The standard InChI is InChI=1S/C22H19Br2NO6S/c1-3-30-20(26)11-25-21(27)19(32-22(25)28)9-14-8-17(29-2)18(10-16(14)24)31-12-13-4-6-15(23)7-5-13/h4-10H,3,11-12H2,1-2H3/b19-9+. The normalized spacial score (nSPS) is 14.8. The van der Waals surface area contributed by atoms with Crippen LogP contribution in [0.5, 0.6) is 11.5 Å². The highest BCUT2D eigenvalue weighted by Crippen LogP contribution is 2.38. The van der Waals surface area contributed by atoms with Gasteiger partial charge in [0.05, 0.1) is 18.6 Å². The summed E-state index contributed by atoms with van der Waals surface area (Å²) in [6, 6.07) is 11.2. The molecule has 7 nitrogen and oxygen atoms in total. The van der Waals surface area contributed by atoms with E-state index in [4.69, 9.17) is 14.2 Å². The van der Waals surface area contributed by atoms with E-state index in [2.05, 4.69) is 31.9 Å². The van der Waals surface area contributed by atoms with E-state index in [1.54, 1.807) is 25.1 Å². The number of methoxy groups -OCH3 is 1. The lowest BCUT2D eigenvalue weighted by molar-refractivity contribution is -0.145. The summed E-state index contributed by atoms with van der Waals surface area (Å²) in [6.45, 7) is 1.77. The van der Waals surface area contributed by atoms with Gasteiger partial charge < -0.3 is 14.2 Å². The maximum atomic E-state index is 12.6. The van der Waals surface area contributed by atoms with Crippen molar-refractivity contribution in [1.82, 2.24) is 4.90 Å². The van der Waals surface area contributed by atoms with Crippen molar-refractivity contribution in [2.45, 2.75) is 13.5 Å². The summed E-state index contributed by atoms with van der Waals surface area (Å²) >= 11 is 7.65. The van der Waals surface area contributed by atoms with Crippen molar-refractivity contribution in [3.05, 3.63) is 61.4 Å². The number of esters is 1. The Hall–Kier alpha value is -2.30. The number of carbonyl (C=O) groups excluding carboxylic acids is 3. The van der Waals surface area contributed by atoms with Crippen LogP contribution in [0.25, 0.3) is 6.08 Å². The molecule has 0 bridgehead atoms. The zero-order chi connectivity index (χ0) is 23.3. The summed E-state index contributed by atoms with van der Waals surface area (Å²) in [5, 5.41) is -0.521. The summed E-state index contributed by atoms with van der Waals surface area (Å²) < 4.78 is 17.8. The third-order valence-corrected chi connectivity index (χ3v) is 6.47. The van der Waals surface area contributed by atoms with Crippen molar-refractivity contribution in [3.63, 3.8) is 0 Å². The lowest BCUT2D eigenvalue weighted by Gasteiger charge is -2.13. The molecule has 0 radical (unpaired) electrons. The molecule has 10 heteroatoms. The van der Waals surface area contributed by atoms with Crippen molar-refractivity contribution in [3.8, 4) is 11.5 Å². The molecular weight excluding hydrogens is 566 g/mol. The largest absolute Gasteiger partial charge is 0.493 e. The Morgan fingerprint density at radius 3 is 2.50 bits per heavy atom. The van der Waals surface area contributed by atoms with Gasteiger partial charge in [0.1, 0.15) is 13.2 Å². The quantitative estimate of drug-likeness (QED) is 0.303. The highest BCUT2D eigenvalue weighted by atomic mass is 79.9. The molecule has 3 rings (SSSR count). The van der Waals surface area contributed by atoms with Crippen LogP contribution in [0, 0.1) is 0 Å². The second-order valence-corrected chi connectivity index (χ2v) is 9.28. The van der Waals surface area contributed by atoms with Gasteiger partial charge in [-0.05, 0) is 60.2 Å². The molecule has 2 amide bonds. The fourth-order valence-electron chi connectivity index (χ4n) is 2.79. The second-order valence-electron chi connectivity index (χ2n) is 6.51. The van der Waals surface area contributed by atoms with Gasteiger partial charge in [-0.2, -0.15) is 0 Å². The van der Waals surface area contributed by atoms with Crippen LogP contribution in [-0.4, -0.2) is 42.3 Å². The number of hydrogen-bond acceptors (Lipinski definition) is 7. The van der Waals surface area contributed by atoms with Gasteiger partial charge in [0, 0.05) is 8.95 Å². The van der Waals surface area contributed by atoms with E-state index >= 15 is 0 Å². The number of benzene rings is 2. The van der Waals surface area contributed by atoms with Gasteiger partial charge in [0.15, 0.2) is 11.5 Å². The Balaban J connectivity index is 1.78. The van der Waals surface area contributed by atoms with Crippen LogP contribution < -0.4 is 9.47 Å². The third kappa shape index (κ3) is 5.93. The van der Waals surface area contributed by atoms with Crippen molar-refractivity contribution >= 4 is 66.8 Å². The number of amides is 2. The summed E-state index contributed by atoms with van der Waals surface area (Å²) in [4.78, 5) is 37.5. The van der Waals surface area contributed by atoms with Gasteiger partial charge in [-0.3, -0.25) is 19.3 Å². The van der Waals surface area contributed by atoms with E-state index in [0.717, 1.165) is 26.7 Å². The van der Waals surface area contributed by atoms with E-state index < -0.39 is 23.7 Å². The number of rotatable bonds is 8. The van der Waals surface area contributed by atoms with E-state index in [9.17, 15) is 14.4 Å². The highest BCUT2D eigenvalue weighted by Gasteiger charge is 2.36. The molecule has 168 valence electrons. The maximum Gasteiger partial charge on any atom is 0.326 e. The molecule has 1 heterocycles. The number of carbonyl (C=O) groups is 3. The van der Waals surface area contributed by atoms with E-state index in [-0.39, 0.29) is 11.5 Å². The third-order valence-electron chi connectivity index (χ3n) is 4.34. The summed E-state index contributed by atoms with van der Waals surface area (Å²) in [5.41, 5.74) is 1.62. The Morgan fingerprint density at radius 1 is 1.12 bits per heavy atom. The molecule has 2 aromatic carbocycles. The first-order chi connectivity index (χ1) is 15.3. The molecule has 0 saturated carbocycles. The maximum absolute atomic E-state index is 12.6. The number of ether oxygens (including phenoxy) is 3. The number of imide groups is 1. The number of hydrogen-bond donors (Lipinski definition) is 0. The predicted octanol–water partition coefficient (Wildman–Crippen LogP) is 5.40. The van der Waals surface area contributed by atoms with Crippen molar-refractivity contribution in [2.24, 2.45) is 0 Å². The van der Waals surface area contributed by atoms with E-state index in [1.165, 1.54) is 7.11 Å². The fraction of sp³-hybridized carbons (Fsp3) is 0.227. The second kappa shape index (κ2) is 11.0. The molecule has 0 aliphatic carbocycles. The molecule has 2 aromatic rings. The Morgan fingerprint density at radius 2 is 1.84 bits per heavy atom. The van der Waals surface area contributed by atoms with Crippen LogP contribution in [0.1, 0.15) is 18.1 Å². The molecule has 0 atom stereocenters. The van der Waals surface area contributed by atoms with Crippen molar-refractivity contribution < 1.29 is 28.6 Å². The molecule has 32 heavy (non-hydrogen) atoms. The summed E-state index contributed by atoms with van der Waals surface area (Å²) in [7, 11) is 1.52. The van der Waals surface area contributed by atoms with Crippen LogP contribution in [-0.2, 0) is 20.9 Å². The first-order valence-electron chi connectivity index (χ1n) is 9.48. The molecule has 0 N–H and O–H groups in total. The molecule has 0 aromatic heterocycles. The highest BCUT2D eigenvalue weighted by molar-refractivity contribution is 9.10. The zero-order valence-corrected chi connectivity index (χ0v) is 21.2. The number of thioether (sulfide) groups is 1. The van der Waals surface area contributed by atoms with E-state index in [0.29, 0.717) is 28.1 Å². The average molecular weight is 585 g/mol. The van der Waals surface area contributed by atoms with Gasteiger partial charge in [0.25, 0.3) is 11.1 Å². The smallest absolute Gasteiger partial charge is 0.326 e. The molecular formula is C22H19Br2NO6S. The molecule has 0 spiro atoms. The van der Waals surface area contributed by atoms with Crippen LogP contribution in [0.15, 0.2) is 50.2 Å². The summed E-state index contributed by atoms with van der Waals surface area (Å²) in [5.74, 6) is -0.183. The molecule has 1 saturated heterocycles. The zero-order valence-electron chi connectivity index (χ0n) is 17.2. The lowest BCUT2D eigenvalue weighted by Crippen LogP contribution is -2.34. The van der Waals surface area contributed by atoms with Crippen molar-refractivity contribution in [2.75, 3.05) is 20.3 Å². The van der Waals surface area contributed by atoms with Gasteiger partial charge in [-0.1, -0.05) is 44.0 Å². The molecule has 1 fully saturated rings. The summed E-state index contributed by atoms with van der Waals surface area (Å²) in [6.07, 6.45) is 1.57. The molecule has 1 aliphatic heterocycles. The Labute approximate surface area is 206 Å². The Kier molecular flexibility index (Phi) is 8.38. The lowest BCUT2D eigenvalue weighted by atomic mass is 10.1.